The van der Waals surface area contributed by atoms with Gasteiger partial charge >= 0.3 is 5.97 Å². The maximum absolute atomic E-state index is 12.1. The molecule has 7 nitrogen and oxygen atoms in total. The van der Waals surface area contributed by atoms with Crippen LogP contribution in [-0.2, 0) is 16.1 Å². The van der Waals surface area contributed by atoms with E-state index in [-0.39, 0.29) is 18.9 Å². The minimum absolute atomic E-state index is 0.0362. The van der Waals surface area contributed by atoms with Crippen LogP contribution in [0, 0.1) is 5.92 Å². The van der Waals surface area contributed by atoms with Gasteiger partial charge < -0.3 is 24.4 Å². The zero-order chi connectivity index (χ0) is 20.0. The van der Waals surface area contributed by atoms with Gasteiger partial charge in [0.25, 0.3) is 0 Å². The van der Waals surface area contributed by atoms with Crippen LogP contribution in [0.5, 0.6) is 11.5 Å². The zero-order valence-electron chi connectivity index (χ0n) is 16.0. The predicted molar refractivity (Wildman–Crippen MR) is 102 cm³/mol. The second-order valence-corrected chi connectivity index (χ2v) is 7.26. The van der Waals surface area contributed by atoms with Crippen molar-refractivity contribution in [2.75, 3.05) is 40.4 Å². The fraction of sp³-hybridized carbons (Fsp3) is 0.579. The maximum atomic E-state index is 12.1. The molecule has 1 atom stereocenters. The van der Waals surface area contributed by atoms with Gasteiger partial charge in [0, 0.05) is 26.1 Å². The van der Waals surface area contributed by atoms with Gasteiger partial charge in [-0.15, -0.1) is 0 Å². The van der Waals surface area contributed by atoms with E-state index < -0.39 is 11.9 Å². The van der Waals surface area contributed by atoms with Gasteiger partial charge in [0.15, 0.2) is 11.5 Å². The van der Waals surface area contributed by atoms with Gasteiger partial charge in [-0.2, -0.15) is 0 Å². The van der Waals surface area contributed by atoms with Crippen molar-refractivity contribution >= 4 is 23.5 Å². The molecule has 1 saturated heterocycles. The molecule has 0 spiro atoms. The summed E-state index contributed by atoms with van der Waals surface area (Å²) in [6.07, 6.45) is 0.893. The molecule has 27 heavy (non-hydrogen) atoms. The van der Waals surface area contributed by atoms with Crippen molar-refractivity contribution < 1.29 is 24.2 Å². The third-order valence-corrected chi connectivity index (χ3v) is 4.58. The van der Waals surface area contributed by atoms with Gasteiger partial charge in [-0.25, -0.2) is 0 Å². The lowest BCUT2D eigenvalue weighted by molar-refractivity contribution is -0.141. The van der Waals surface area contributed by atoms with Gasteiger partial charge in [0.1, 0.15) is 0 Å². The van der Waals surface area contributed by atoms with Crippen LogP contribution in [0.15, 0.2) is 12.1 Å². The Kier molecular flexibility index (Phi) is 7.74. The molecule has 1 heterocycles. The lowest BCUT2D eigenvalue weighted by atomic mass is 10.1. The minimum atomic E-state index is -0.944. The summed E-state index contributed by atoms with van der Waals surface area (Å²) in [4.78, 5) is 26.8. The molecule has 1 aromatic rings. The molecular weight excluding hydrogens is 372 g/mol. The third kappa shape index (κ3) is 6.01. The number of carbonyl (C=O) groups excluding carboxylic acids is 1. The third-order valence-electron chi connectivity index (χ3n) is 4.30. The number of halogens is 1. The lowest BCUT2D eigenvalue weighted by Crippen LogP contribution is -2.25. The first-order chi connectivity index (χ1) is 12.8. The molecule has 1 N–H and O–H groups in total. The summed E-state index contributed by atoms with van der Waals surface area (Å²) in [5.41, 5.74) is 0.781. The summed E-state index contributed by atoms with van der Waals surface area (Å²) in [5, 5.41) is 9.53. The average Bonchev–Trinajstić information content (AvgIpc) is 2.94. The number of likely N-dealkylation sites (tertiary alicyclic amines) is 1. The van der Waals surface area contributed by atoms with Gasteiger partial charge in [-0.05, 0) is 45.1 Å². The van der Waals surface area contributed by atoms with E-state index in [9.17, 15) is 9.59 Å². The predicted octanol–water partition coefficient (Wildman–Crippen LogP) is 2.50. The number of aliphatic carboxylic acids is 1. The molecule has 0 radical (unpaired) electrons. The monoisotopic (exact) mass is 398 g/mol. The molecule has 1 amide bonds. The van der Waals surface area contributed by atoms with Crippen molar-refractivity contribution in [3.8, 4) is 11.5 Å². The Labute approximate surface area is 164 Å². The molecule has 2 rings (SSSR count). The molecule has 1 aliphatic rings. The number of ether oxygens (including phenoxy) is 2. The van der Waals surface area contributed by atoms with Gasteiger partial charge in [-0.3, -0.25) is 9.59 Å². The van der Waals surface area contributed by atoms with Crippen LogP contribution in [0.2, 0.25) is 5.02 Å². The summed E-state index contributed by atoms with van der Waals surface area (Å²) >= 11 is 6.40. The quantitative estimate of drug-likeness (QED) is 0.610. The Morgan fingerprint density at radius 3 is 2.70 bits per heavy atom. The SMILES string of the molecule is CCOc1cc(CN2CC(C(=O)O)CC2=O)cc(Cl)c1OCCCN(C)C. The van der Waals surface area contributed by atoms with E-state index in [4.69, 9.17) is 26.2 Å². The molecule has 0 aliphatic carbocycles. The highest BCUT2D eigenvalue weighted by Gasteiger charge is 2.34. The molecule has 150 valence electrons. The normalized spacial score (nSPS) is 16.9. The van der Waals surface area contributed by atoms with Crippen LogP contribution in [0.4, 0.5) is 0 Å². The van der Waals surface area contributed by atoms with Gasteiger partial charge in [0.05, 0.1) is 24.2 Å². The van der Waals surface area contributed by atoms with E-state index in [2.05, 4.69) is 4.90 Å². The second kappa shape index (κ2) is 9.80. The summed E-state index contributed by atoms with van der Waals surface area (Å²) in [7, 11) is 4.00. The Morgan fingerprint density at radius 1 is 1.37 bits per heavy atom. The van der Waals surface area contributed by atoms with Crippen LogP contribution < -0.4 is 9.47 Å². The Balaban J connectivity index is 2.10. The molecular formula is C19H27ClN2O5. The van der Waals surface area contributed by atoms with E-state index >= 15 is 0 Å². The summed E-state index contributed by atoms with van der Waals surface area (Å²) in [6, 6.07) is 3.55. The molecule has 0 bridgehead atoms. The number of hydrogen-bond acceptors (Lipinski definition) is 5. The summed E-state index contributed by atoms with van der Waals surface area (Å²) < 4.78 is 11.5. The molecule has 8 heteroatoms. The fourth-order valence-electron chi connectivity index (χ4n) is 2.98. The fourth-order valence-corrected chi connectivity index (χ4v) is 3.27. The van der Waals surface area contributed by atoms with Crippen LogP contribution in [0.25, 0.3) is 0 Å². The summed E-state index contributed by atoms with van der Waals surface area (Å²) in [6.45, 7) is 4.25. The van der Waals surface area contributed by atoms with E-state index in [0.29, 0.717) is 36.3 Å². The topological polar surface area (TPSA) is 79.3 Å². The lowest BCUT2D eigenvalue weighted by Gasteiger charge is -2.19. The first-order valence-corrected chi connectivity index (χ1v) is 9.43. The molecule has 1 fully saturated rings. The molecule has 1 aromatic carbocycles. The Morgan fingerprint density at radius 2 is 2.11 bits per heavy atom. The van der Waals surface area contributed by atoms with E-state index in [1.807, 2.05) is 21.0 Å². The highest BCUT2D eigenvalue weighted by molar-refractivity contribution is 6.32. The summed E-state index contributed by atoms with van der Waals surface area (Å²) in [5.74, 6) is -0.733. The Bertz CT molecular complexity index is 680. The van der Waals surface area contributed by atoms with Crippen molar-refractivity contribution in [1.82, 2.24) is 9.80 Å². The first kappa shape index (κ1) is 21.3. The van der Waals surface area contributed by atoms with Crippen LogP contribution in [-0.4, -0.2) is 67.2 Å². The highest BCUT2D eigenvalue weighted by atomic mass is 35.5. The minimum Gasteiger partial charge on any atom is -0.490 e. The van der Waals surface area contributed by atoms with E-state index in [1.165, 1.54) is 4.90 Å². The van der Waals surface area contributed by atoms with Gasteiger partial charge in [-0.1, -0.05) is 11.6 Å². The van der Waals surface area contributed by atoms with Crippen molar-refractivity contribution in [1.29, 1.82) is 0 Å². The molecule has 0 aromatic heterocycles. The maximum Gasteiger partial charge on any atom is 0.308 e. The number of hydrogen-bond donors (Lipinski definition) is 1. The highest BCUT2D eigenvalue weighted by Crippen LogP contribution is 2.37. The van der Waals surface area contributed by atoms with Crippen LogP contribution >= 0.6 is 11.6 Å². The standard InChI is InChI=1S/C19H27ClN2O5/c1-4-26-16-9-13(11-22-12-14(19(24)25)10-17(22)23)8-15(20)18(16)27-7-5-6-21(2)3/h8-9,14H,4-7,10-12H2,1-3H3,(H,24,25). The van der Waals surface area contributed by atoms with Crippen LogP contribution in [0.1, 0.15) is 25.3 Å². The number of rotatable bonds is 10. The van der Waals surface area contributed by atoms with Crippen molar-refractivity contribution in [2.45, 2.75) is 26.3 Å². The average molecular weight is 399 g/mol. The molecule has 1 unspecified atom stereocenters. The number of amides is 1. The smallest absolute Gasteiger partial charge is 0.308 e. The van der Waals surface area contributed by atoms with Crippen molar-refractivity contribution in [3.05, 3.63) is 22.7 Å². The number of carboxylic acid groups (broad SMARTS) is 1. The number of nitrogens with zero attached hydrogens (tertiary/aromatic N) is 2. The molecule has 1 aliphatic heterocycles. The number of carboxylic acids is 1. The van der Waals surface area contributed by atoms with Crippen molar-refractivity contribution in [3.63, 3.8) is 0 Å². The Hall–Kier alpha value is -1.99. The number of carbonyl (C=O) groups is 2. The second-order valence-electron chi connectivity index (χ2n) is 6.86. The molecule has 0 saturated carbocycles. The first-order valence-electron chi connectivity index (χ1n) is 9.05. The largest absolute Gasteiger partial charge is 0.490 e. The van der Waals surface area contributed by atoms with Gasteiger partial charge in [0.2, 0.25) is 5.91 Å². The van der Waals surface area contributed by atoms with E-state index in [1.54, 1.807) is 12.1 Å². The van der Waals surface area contributed by atoms with E-state index in [0.717, 1.165) is 18.5 Å². The van der Waals surface area contributed by atoms with Crippen LogP contribution in [0.3, 0.4) is 0 Å². The zero-order valence-corrected chi connectivity index (χ0v) is 16.8. The van der Waals surface area contributed by atoms with Crippen molar-refractivity contribution in [2.24, 2.45) is 5.92 Å². The number of benzene rings is 1.